The Hall–Kier alpha value is -0.770. The van der Waals surface area contributed by atoms with Gasteiger partial charge in [-0.25, -0.2) is 4.79 Å². The van der Waals surface area contributed by atoms with E-state index < -0.39 is 5.60 Å². The lowest BCUT2D eigenvalue weighted by Crippen LogP contribution is -2.37. The largest absolute Gasteiger partial charge is 0.444 e. The number of amides is 1. The molecular weight excluding hydrogens is 216 g/mol. The first-order valence-corrected chi connectivity index (χ1v) is 6.64. The molecule has 1 aliphatic heterocycles. The molecule has 1 aliphatic carbocycles. The zero-order valence-corrected chi connectivity index (χ0v) is 11.1. The summed E-state index contributed by atoms with van der Waals surface area (Å²) < 4.78 is 5.43. The van der Waals surface area contributed by atoms with Crippen LogP contribution in [0.15, 0.2) is 0 Å². The average molecular weight is 240 g/mol. The fourth-order valence-electron chi connectivity index (χ4n) is 2.98. The minimum absolute atomic E-state index is 0.139. The van der Waals surface area contributed by atoms with Crippen molar-refractivity contribution in [2.24, 2.45) is 17.6 Å². The van der Waals surface area contributed by atoms with Crippen LogP contribution in [0.3, 0.4) is 0 Å². The molecule has 2 fully saturated rings. The number of piperidine rings is 1. The van der Waals surface area contributed by atoms with Crippen molar-refractivity contribution < 1.29 is 9.53 Å². The standard InChI is InChI=1S/C13H24N2O2/c1-13(2,3)17-12(16)15-8-6-10-9(11(10)15)5-4-7-14/h9-11H,4-8,14H2,1-3H3/t9?,10-,11+/m1/s1. The van der Waals surface area contributed by atoms with Crippen LogP contribution in [-0.2, 0) is 4.74 Å². The number of nitrogens with zero attached hydrogens (tertiary/aromatic N) is 1. The fourth-order valence-corrected chi connectivity index (χ4v) is 2.98. The summed E-state index contributed by atoms with van der Waals surface area (Å²) in [5, 5.41) is 0. The summed E-state index contributed by atoms with van der Waals surface area (Å²) in [6.45, 7) is 7.36. The number of nitrogens with two attached hydrogens (primary N) is 1. The molecular formula is C13H24N2O2. The second-order valence-corrected chi connectivity index (χ2v) is 6.21. The SMILES string of the molecule is CC(C)(C)OC(=O)N1CC[C@@H]2C(CCCN)[C@@H]21. The number of rotatable bonds is 3. The maximum absolute atomic E-state index is 12.0. The summed E-state index contributed by atoms with van der Waals surface area (Å²) in [5.41, 5.74) is 5.14. The van der Waals surface area contributed by atoms with Crippen molar-refractivity contribution in [1.29, 1.82) is 0 Å². The van der Waals surface area contributed by atoms with Gasteiger partial charge in [-0.05, 0) is 58.4 Å². The summed E-state index contributed by atoms with van der Waals surface area (Å²) in [6, 6.07) is 0.441. The lowest BCUT2D eigenvalue weighted by molar-refractivity contribution is 0.0250. The van der Waals surface area contributed by atoms with Gasteiger partial charge in [-0.3, -0.25) is 0 Å². The van der Waals surface area contributed by atoms with Gasteiger partial charge in [0.15, 0.2) is 0 Å². The normalized spacial score (nSPS) is 31.3. The average Bonchev–Trinajstić information content (AvgIpc) is 2.69. The minimum Gasteiger partial charge on any atom is -0.444 e. The number of hydrogen-bond acceptors (Lipinski definition) is 3. The maximum atomic E-state index is 12.0. The molecule has 2 aliphatic rings. The van der Waals surface area contributed by atoms with Crippen LogP contribution >= 0.6 is 0 Å². The van der Waals surface area contributed by atoms with E-state index in [1.807, 2.05) is 25.7 Å². The van der Waals surface area contributed by atoms with Crippen molar-refractivity contribution in [2.75, 3.05) is 13.1 Å². The molecule has 1 saturated heterocycles. The van der Waals surface area contributed by atoms with Crippen LogP contribution in [0.5, 0.6) is 0 Å². The zero-order chi connectivity index (χ0) is 12.6. The third-order valence-electron chi connectivity index (χ3n) is 3.72. The van der Waals surface area contributed by atoms with Crippen LogP contribution in [0.2, 0.25) is 0 Å². The molecule has 2 rings (SSSR count). The first kappa shape index (κ1) is 12.7. The van der Waals surface area contributed by atoms with E-state index in [4.69, 9.17) is 10.5 Å². The molecule has 4 nitrogen and oxygen atoms in total. The summed E-state index contributed by atoms with van der Waals surface area (Å²) >= 11 is 0. The van der Waals surface area contributed by atoms with Gasteiger partial charge in [0.1, 0.15) is 5.60 Å². The van der Waals surface area contributed by atoms with Crippen LogP contribution in [0.4, 0.5) is 4.79 Å². The van der Waals surface area contributed by atoms with Crippen LogP contribution in [0.1, 0.15) is 40.0 Å². The minimum atomic E-state index is -0.392. The molecule has 0 aromatic rings. The lowest BCUT2D eigenvalue weighted by Gasteiger charge is -2.26. The van der Waals surface area contributed by atoms with Gasteiger partial charge >= 0.3 is 6.09 Å². The van der Waals surface area contributed by atoms with Crippen molar-refractivity contribution in [3.05, 3.63) is 0 Å². The topological polar surface area (TPSA) is 55.6 Å². The van der Waals surface area contributed by atoms with Crippen molar-refractivity contribution >= 4 is 6.09 Å². The number of carbonyl (C=O) groups excluding carboxylic acids is 1. The van der Waals surface area contributed by atoms with E-state index in [-0.39, 0.29) is 6.09 Å². The number of ether oxygens (including phenoxy) is 1. The Morgan fingerprint density at radius 3 is 2.76 bits per heavy atom. The Kier molecular flexibility index (Phi) is 3.34. The monoisotopic (exact) mass is 240 g/mol. The summed E-state index contributed by atoms with van der Waals surface area (Å²) in [6.07, 6.45) is 3.23. The Morgan fingerprint density at radius 1 is 1.47 bits per heavy atom. The molecule has 4 heteroatoms. The number of fused-ring (bicyclic) bond motifs is 1. The van der Waals surface area contributed by atoms with Gasteiger partial charge in [0.2, 0.25) is 0 Å². The van der Waals surface area contributed by atoms with Crippen molar-refractivity contribution in [1.82, 2.24) is 4.90 Å². The summed E-state index contributed by atoms with van der Waals surface area (Å²) in [7, 11) is 0. The highest BCUT2D eigenvalue weighted by molar-refractivity contribution is 5.70. The fraction of sp³-hybridized carbons (Fsp3) is 0.923. The zero-order valence-electron chi connectivity index (χ0n) is 11.1. The van der Waals surface area contributed by atoms with Crippen molar-refractivity contribution in [3.8, 4) is 0 Å². The molecule has 0 aromatic carbocycles. The van der Waals surface area contributed by atoms with Gasteiger partial charge in [0.25, 0.3) is 0 Å². The highest BCUT2D eigenvalue weighted by Crippen LogP contribution is 2.53. The van der Waals surface area contributed by atoms with E-state index >= 15 is 0 Å². The molecule has 1 amide bonds. The van der Waals surface area contributed by atoms with Crippen LogP contribution in [-0.4, -0.2) is 35.7 Å². The Balaban J connectivity index is 1.85. The summed E-state index contributed by atoms with van der Waals surface area (Å²) in [4.78, 5) is 13.9. The third-order valence-corrected chi connectivity index (χ3v) is 3.72. The predicted molar refractivity (Wildman–Crippen MR) is 66.6 cm³/mol. The Morgan fingerprint density at radius 2 is 2.18 bits per heavy atom. The van der Waals surface area contributed by atoms with E-state index in [1.165, 1.54) is 0 Å². The highest BCUT2D eigenvalue weighted by Gasteiger charge is 2.58. The van der Waals surface area contributed by atoms with Crippen LogP contribution < -0.4 is 5.73 Å². The van der Waals surface area contributed by atoms with Crippen LogP contribution in [0.25, 0.3) is 0 Å². The van der Waals surface area contributed by atoms with E-state index in [1.54, 1.807) is 0 Å². The number of carbonyl (C=O) groups is 1. The quantitative estimate of drug-likeness (QED) is 0.820. The molecule has 0 radical (unpaired) electrons. The lowest BCUT2D eigenvalue weighted by atomic mass is 10.1. The second-order valence-electron chi connectivity index (χ2n) is 6.21. The van der Waals surface area contributed by atoms with Gasteiger partial charge < -0.3 is 15.4 Å². The van der Waals surface area contributed by atoms with E-state index in [9.17, 15) is 4.79 Å². The maximum Gasteiger partial charge on any atom is 0.410 e. The van der Waals surface area contributed by atoms with Crippen LogP contribution in [0, 0.1) is 11.8 Å². The molecule has 0 bridgehead atoms. The van der Waals surface area contributed by atoms with E-state index in [2.05, 4.69) is 0 Å². The molecule has 98 valence electrons. The van der Waals surface area contributed by atoms with Gasteiger partial charge in [-0.1, -0.05) is 0 Å². The Bertz CT molecular complexity index is 298. The predicted octanol–water partition coefficient (Wildman–Crippen LogP) is 1.98. The van der Waals surface area contributed by atoms with E-state index in [0.29, 0.717) is 17.9 Å². The second kappa shape index (κ2) is 4.48. The van der Waals surface area contributed by atoms with Crippen molar-refractivity contribution in [2.45, 2.75) is 51.7 Å². The smallest absolute Gasteiger partial charge is 0.410 e. The molecule has 17 heavy (non-hydrogen) atoms. The third kappa shape index (κ3) is 2.73. The molecule has 1 saturated carbocycles. The molecule has 0 spiro atoms. The van der Waals surface area contributed by atoms with E-state index in [0.717, 1.165) is 32.4 Å². The van der Waals surface area contributed by atoms with Crippen molar-refractivity contribution in [3.63, 3.8) is 0 Å². The number of likely N-dealkylation sites (tertiary alicyclic amines) is 1. The molecule has 1 heterocycles. The first-order valence-electron chi connectivity index (χ1n) is 6.64. The highest BCUT2D eigenvalue weighted by atomic mass is 16.6. The Labute approximate surface area is 103 Å². The molecule has 0 aromatic heterocycles. The molecule has 3 atom stereocenters. The van der Waals surface area contributed by atoms with Gasteiger partial charge in [-0.2, -0.15) is 0 Å². The molecule has 1 unspecified atom stereocenters. The number of hydrogen-bond donors (Lipinski definition) is 1. The van der Waals surface area contributed by atoms with Gasteiger partial charge in [0.05, 0.1) is 0 Å². The first-order chi connectivity index (χ1) is 7.94. The summed E-state index contributed by atoms with van der Waals surface area (Å²) in [5.74, 6) is 1.40. The van der Waals surface area contributed by atoms with Gasteiger partial charge in [-0.15, -0.1) is 0 Å². The molecule has 2 N–H and O–H groups in total. The van der Waals surface area contributed by atoms with Gasteiger partial charge in [0, 0.05) is 12.6 Å².